The molecule has 0 atom stereocenters. The Labute approximate surface area is 145 Å². The van der Waals surface area contributed by atoms with Crippen molar-refractivity contribution in [2.45, 2.75) is 24.4 Å². The van der Waals surface area contributed by atoms with Gasteiger partial charge in [0, 0.05) is 29.1 Å². The Morgan fingerprint density at radius 2 is 2.17 bits per heavy atom. The Morgan fingerprint density at radius 3 is 2.92 bits per heavy atom. The molecule has 0 bridgehead atoms. The number of methoxy groups -OCH3 is 1. The minimum absolute atomic E-state index is 0.808. The van der Waals surface area contributed by atoms with Crippen molar-refractivity contribution in [1.82, 2.24) is 14.9 Å². The summed E-state index contributed by atoms with van der Waals surface area (Å²) in [5.74, 6) is 0.810. The summed E-state index contributed by atoms with van der Waals surface area (Å²) in [6.07, 6.45) is 2.82. The quantitative estimate of drug-likeness (QED) is 0.715. The number of hydrogen-bond donors (Lipinski definition) is 2. The van der Waals surface area contributed by atoms with E-state index in [1.165, 1.54) is 34.2 Å². The second kappa shape index (κ2) is 6.47. The third-order valence-corrected chi connectivity index (χ3v) is 5.12. The van der Waals surface area contributed by atoms with Crippen LogP contribution in [0.5, 0.6) is 5.75 Å². The van der Waals surface area contributed by atoms with Gasteiger partial charge in [0.25, 0.3) is 0 Å². The molecule has 2 aromatic heterocycles. The monoisotopic (exact) mass is 340 g/mol. The Bertz CT molecular complexity index is 873. The fourth-order valence-corrected chi connectivity index (χ4v) is 3.65. The molecule has 6 heteroatoms. The highest BCUT2D eigenvalue weighted by atomic mass is 32.2. The molecule has 124 valence electrons. The zero-order chi connectivity index (χ0) is 16.5. The average Bonchev–Trinajstić information content (AvgIpc) is 2.96. The van der Waals surface area contributed by atoms with Gasteiger partial charge < -0.3 is 14.6 Å². The summed E-state index contributed by atoms with van der Waals surface area (Å²) in [6, 6.07) is 10.5. The van der Waals surface area contributed by atoms with Gasteiger partial charge >= 0.3 is 0 Å². The molecule has 0 saturated heterocycles. The normalized spacial score (nSPS) is 13.9. The van der Waals surface area contributed by atoms with Gasteiger partial charge in [-0.25, -0.2) is 4.98 Å². The maximum absolute atomic E-state index is 5.61. The summed E-state index contributed by atoms with van der Waals surface area (Å²) in [5, 5.41) is 10.3. The minimum atomic E-state index is 0.808. The standard InChI is InChI=1S/C18H20N4OS/c1-23-13-8-16-15-6-7-20-10-17(15)22(18(16)21-9-13)11-12-2-4-14(24-19)5-3-12/h2-5,8-9,20H,6-7,10-11,19H2,1H3. The molecule has 5 nitrogen and oxygen atoms in total. The van der Waals surface area contributed by atoms with Crippen LogP contribution in [-0.2, 0) is 19.5 Å². The third kappa shape index (κ3) is 2.66. The lowest BCUT2D eigenvalue weighted by Gasteiger charge is -2.17. The van der Waals surface area contributed by atoms with Gasteiger partial charge in [-0.15, -0.1) is 0 Å². The van der Waals surface area contributed by atoms with Crippen molar-refractivity contribution in [2.75, 3.05) is 13.7 Å². The number of fused-ring (bicyclic) bond motifs is 3. The topological polar surface area (TPSA) is 65.1 Å². The van der Waals surface area contributed by atoms with E-state index >= 15 is 0 Å². The Morgan fingerprint density at radius 1 is 1.33 bits per heavy atom. The van der Waals surface area contributed by atoms with E-state index in [0.717, 1.165) is 42.3 Å². The first-order valence-corrected chi connectivity index (χ1v) is 8.88. The highest BCUT2D eigenvalue weighted by molar-refractivity contribution is 7.97. The lowest BCUT2D eigenvalue weighted by Crippen LogP contribution is -2.25. The first-order chi connectivity index (χ1) is 11.8. The van der Waals surface area contributed by atoms with Crippen molar-refractivity contribution in [3.05, 3.63) is 53.3 Å². The molecule has 0 amide bonds. The van der Waals surface area contributed by atoms with E-state index in [2.05, 4.69) is 45.2 Å². The second-order valence-corrected chi connectivity index (χ2v) is 6.65. The molecule has 3 aromatic rings. The number of pyridine rings is 1. The van der Waals surface area contributed by atoms with Gasteiger partial charge in [-0.3, -0.25) is 5.14 Å². The number of nitrogens with one attached hydrogen (secondary N) is 1. The van der Waals surface area contributed by atoms with Crippen molar-refractivity contribution >= 4 is 23.0 Å². The van der Waals surface area contributed by atoms with Gasteiger partial charge in [0.2, 0.25) is 0 Å². The lowest BCUT2D eigenvalue weighted by molar-refractivity contribution is 0.413. The SMILES string of the molecule is COc1cnc2c(c1)c1c(n2Cc2ccc(SN)cc2)CNCC1. The molecule has 0 spiro atoms. The predicted molar refractivity (Wildman–Crippen MR) is 97.3 cm³/mol. The van der Waals surface area contributed by atoms with Crippen molar-refractivity contribution < 1.29 is 4.74 Å². The molecule has 1 aliphatic rings. The molecule has 3 N–H and O–H groups in total. The van der Waals surface area contributed by atoms with Crippen LogP contribution >= 0.6 is 11.9 Å². The Kier molecular flexibility index (Phi) is 4.18. The smallest absolute Gasteiger partial charge is 0.140 e. The minimum Gasteiger partial charge on any atom is -0.495 e. The van der Waals surface area contributed by atoms with Gasteiger partial charge in [-0.2, -0.15) is 0 Å². The van der Waals surface area contributed by atoms with Crippen LogP contribution in [0.25, 0.3) is 11.0 Å². The highest BCUT2D eigenvalue weighted by Crippen LogP contribution is 2.30. The van der Waals surface area contributed by atoms with Crippen molar-refractivity contribution in [3.63, 3.8) is 0 Å². The number of benzene rings is 1. The van der Waals surface area contributed by atoms with E-state index in [1.54, 1.807) is 13.3 Å². The summed E-state index contributed by atoms with van der Waals surface area (Å²) in [6.45, 7) is 2.69. The van der Waals surface area contributed by atoms with Crippen LogP contribution in [0.2, 0.25) is 0 Å². The van der Waals surface area contributed by atoms with E-state index in [-0.39, 0.29) is 0 Å². The number of aromatic nitrogens is 2. The van der Waals surface area contributed by atoms with Gasteiger partial charge in [-0.1, -0.05) is 12.1 Å². The fraction of sp³-hybridized carbons (Fsp3) is 0.278. The van der Waals surface area contributed by atoms with Crippen LogP contribution in [0.4, 0.5) is 0 Å². The number of nitrogens with zero attached hydrogens (tertiary/aromatic N) is 2. The van der Waals surface area contributed by atoms with Crippen LogP contribution in [0.3, 0.4) is 0 Å². The summed E-state index contributed by atoms with van der Waals surface area (Å²) in [4.78, 5) is 5.74. The number of nitrogens with two attached hydrogens (primary N) is 1. The van der Waals surface area contributed by atoms with Crippen LogP contribution < -0.4 is 15.2 Å². The molecule has 0 fully saturated rings. The zero-order valence-corrected chi connectivity index (χ0v) is 14.4. The molecule has 1 aliphatic heterocycles. The van der Waals surface area contributed by atoms with E-state index in [4.69, 9.17) is 9.88 Å². The first kappa shape index (κ1) is 15.5. The molecular weight excluding hydrogens is 320 g/mol. The molecule has 1 aromatic carbocycles. The lowest BCUT2D eigenvalue weighted by atomic mass is 10.1. The van der Waals surface area contributed by atoms with Gasteiger partial charge in [0.1, 0.15) is 11.4 Å². The average molecular weight is 340 g/mol. The first-order valence-electron chi connectivity index (χ1n) is 8.00. The van der Waals surface area contributed by atoms with Crippen LogP contribution in [0, 0.1) is 0 Å². The molecule has 0 unspecified atom stereocenters. The van der Waals surface area contributed by atoms with E-state index in [0.29, 0.717) is 0 Å². The fourth-order valence-electron chi connectivity index (χ4n) is 3.36. The molecular formula is C18H20N4OS. The number of rotatable bonds is 4. The summed E-state index contributed by atoms with van der Waals surface area (Å²) >= 11 is 1.27. The maximum atomic E-state index is 5.61. The zero-order valence-electron chi connectivity index (χ0n) is 13.6. The van der Waals surface area contributed by atoms with Gasteiger partial charge in [-0.05, 0) is 54.2 Å². The molecule has 0 aliphatic carbocycles. The summed E-state index contributed by atoms with van der Waals surface area (Å²) in [7, 11) is 1.69. The maximum Gasteiger partial charge on any atom is 0.140 e. The van der Waals surface area contributed by atoms with Gasteiger partial charge in [0.15, 0.2) is 0 Å². The summed E-state index contributed by atoms with van der Waals surface area (Å²) in [5.41, 5.74) is 5.00. The third-order valence-electron chi connectivity index (χ3n) is 4.58. The predicted octanol–water partition coefficient (Wildman–Crippen LogP) is 2.70. The molecule has 4 rings (SSSR count). The van der Waals surface area contributed by atoms with Gasteiger partial charge in [0.05, 0.1) is 13.3 Å². The van der Waals surface area contributed by atoms with Crippen molar-refractivity contribution in [3.8, 4) is 5.75 Å². The van der Waals surface area contributed by atoms with Crippen molar-refractivity contribution in [2.24, 2.45) is 5.14 Å². The van der Waals surface area contributed by atoms with E-state index in [1.807, 2.05) is 0 Å². The van der Waals surface area contributed by atoms with Crippen molar-refractivity contribution in [1.29, 1.82) is 0 Å². The molecule has 0 radical (unpaired) electrons. The molecule has 3 heterocycles. The van der Waals surface area contributed by atoms with E-state index in [9.17, 15) is 0 Å². The molecule has 0 saturated carbocycles. The number of ether oxygens (including phenoxy) is 1. The largest absolute Gasteiger partial charge is 0.495 e. The Balaban J connectivity index is 1.81. The van der Waals surface area contributed by atoms with Crippen LogP contribution in [0.15, 0.2) is 41.4 Å². The van der Waals surface area contributed by atoms with E-state index < -0.39 is 0 Å². The Hall–Kier alpha value is -2.02. The van der Waals surface area contributed by atoms with Crippen LogP contribution in [0.1, 0.15) is 16.8 Å². The second-order valence-electron chi connectivity index (χ2n) is 5.95. The summed E-state index contributed by atoms with van der Waals surface area (Å²) < 4.78 is 7.69. The number of hydrogen-bond acceptors (Lipinski definition) is 5. The van der Waals surface area contributed by atoms with Crippen LogP contribution in [-0.4, -0.2) is 23.2 Å². The molecule has 24 heavy (non-hydrogen) atoms. The highest BCUT2D eigenvalue weighted by Gasteiger charge is 2.21.